The lowest BCUT2D eigenvalue weighted by Crippen LogP contribution is -2.36. The molecule has 0 aliphatic carbocycles. The summed E-state index contributed by atoms with van der Waals surface area (Å²) in [5.41, 5.74) is 5.44. The van der Waals surface area contributed by atoms with E-state index >= 15 is 0 Å². The molecule has 0 saturated heterocycles. The number of nitrogens with two attached hydrogens (primary N) is 1. The maximum atomic E-state index is 11.9. The Morgan fingerprint density at radius 2 is 2.06 bits per heavy atom. The number of nitrogens with one attached hydrogen (secondary N) is 1. The molecule has 1 aromatic carbocycles. The van der Waals surface area contributed by atoms with E-state index < -0.39 is 15.4 Å². The Bertz CT molecular complexity index is 483. The summed E-state index contributed by atoms with van der Waals surface area (Å²) in [4.78, 5) is 0.131. The molecule has 0 aliphatic heterocycles. The highest BCUT2D eigenvalue weighted by molar-refractivity contribution is 7.89. The quantitative estimate of drug-likeness (QED) is 0.673. The fraction of sp³-hybridized carbons (Fsp3) is 0.455. The minimum Gasteiger partial charge on any atom is -0.399 e. The number of anilines is 1. The molecule has 1 aromatic rings. The SMILES string of the molecule is CC(C)(CO)CNS(=O)(=O)c1cccc(N)c1. The van der Waals surface area contributed by atoms with Gasteiger partial charge in [-0.3, -0.25) is 0 Å². The molecule has 0 atom stereocenters. The largest absolute Gasteiger partial charge is 0.399 e. The summed E-state index contributed by atoms with van der Waals surface area (Å²) < 4.78 is 26.2. The van der Waals surface area contributed by atoms with Crippen LogP contribution < -0.4 is 10.5 Å². The monoisotopic (exact) mass is 258 g/mol. The van der Waals surface area contributed by atoms with Crippen LogP contribution in [0.5, 0.6) is 0 Å². The van der Waals surface area contributed by atoms with E-state index in [1.807, 2.05) is 0 Å². The van der Waals surface area contributed by atoms with Gasteiger partial charge in [0.05, 0.1) is 4.90 Å². The molecule has 6 heteroatoms. The first-order chi connectivity index (χ1) is 7.77. The van der Waals surface area contributed by atoms with Crippen molar-refractivity contribution in [3.8, 4) is 0 Å². The first kappa shape index (κ1) is 14.0. The Morgan fingerprint density at radius 3 is 2.59 bits per heavy atom. The predicted octanol–water partition coefficient (Wildman–Crippen LogP) is 0.566. The minimum absolute atomic E-state index is 0.0908. The molecule has 1 rings (SSSR count). The van der Waals surface area contributed by atoms with E-state index in [-0.39, 0.29) is 18.0 Å². The van der Waals surface area contributed by atoms with Gasteiger partial charge >= 0.3 is 0 Å². The van der Waals surface area contributed by atoms with Gasteiger partial charge in [-0.2, -0.15) is 0 Å². The average molecular weight is 258 g/mol. The molecule has 96 valence electrons. The first-order valence-corrected chi connectivity index (χ1v) is 6.71. The van der Waals surface area contributed by atoms with Crippen molar-refractivity contribution in [1.29, 1.82) is 0 Å². The molecule has 17 heavy (non-hydrogen) atoms. The molecule has 0 fully saturated rings. The molecule has 0 unspecified atom stereocenters. The zero-order chi connectivity index (χ0) is 13.1. The smallest absolute Gasteiger partial charge is 0.240 e. The van der Waals surface area contributed by atoms with Gasteiger partial charge in [-0.05, 0) is 18.2 Å². The molecule has 0 saturated carbocycles. The number of hydrogen-bond acceptors (Lipinski definition) is 4. The Kier molecular flexibility index (Phi) is 4.13. The third-order valence-corrected chi connectivity index (χ3v) is 3.74. The number of benzene rings is 1. The molecular weight excluding hydrogens is 240 g/mol. The van der Waals surface area contributed by atoms with Gasteiger partial charge in [-0.25, -0.2) is 13.1 Å². The van der Waals surface area contributed by atoms with Crippen LogP contribution in [0.4, 0.5) is 5.69 Å². The molecule has 4 N–H and O–H groups in total. The second-order valence-electron chi connectivity index (χ2n) is 4.72. The summed E-state index contributed by atoms with van der Waals surface area (Å²) in [6, 6.07) is 6.08. The lowest BCUT2D eigenvalue weighted by atomic mass is 9.96. The maximum Gasteiger partial charge on any atom is 0.240 e. The van der Waals surface area contributed by atoms with Crippen LogP contribution in [0.1, 0.15) is 13.8 Å². The number of aliphatic hydroxyl groups excluding tert-OH is 1. The van der Waals surface area contributed by atoms with Crippen LogP contribution in [-0.2, 0) is 10.0 Å². The van der Waals surface area contributed by atoms with E-state index in [1.54, 1.807) is 26.0 Å². The van der Waals surface area contributed by atoms with Gasteiger partial charge in [0.25, 0.3) is 0 Å². The molecule has 0 radical (unpaired) electrons. The second kappa shape index (κ2) is 5.03. The van der Waals surface area contributed by atoms with Crippen LogP contribution in [0, 0.1) is 5.41 Å². The van der Waals surface area contributed by atoms with Crippen LogP contribution in [0.15, 0.2) is 29.2 Å². The Hall–Kier alpha value is -1.11. The van der Waals surface area contributed by atoms with Gasteiger partial charge in [-0.15, -0.1) is 0 Å². The Balaban J connectivity index is 2.83. The lowest BCUT2D eigenvalue weighted by molar-refractivity contribution is 0.163. The van der Waals surface area contributed by atoms with Crippen molar-refractivity contribution < 1.29 is 13.5 Å². The second-order valence-corrected chi connectivity index (χ2v) is 6.49. The fourth-order valence-electron chi connectivity index (χ4n) is 1.11. The highest BCUT2D eigenvalue weighted by Crippen LogP contribution is 2.16. The highest BCUT2D eigenvalue weighted by atomic mass is 32.2. The van der Waals surface area contributed by atoms with E-state index in [2.05, 4.69) is 4.72 Å². The molecule has 0 aliphatic rings. The zero-order valence-electron chi connectivity index (χ0n) is 9.97. The van der Waals surface area contributed by atoms with Crippen molar-refractivity contribution in [1.82, 2.24) is 4.72 Å². The standard InChI is InChI=1S/C11H18N2O3S/c1-11(2,8-14)7-13-17(15,16)10-5-3-4-9(12)6-10/h3-6,13-14H,7-8,12H2,1-2H3. The van der Waals surface area contributed by atoms with Crippen molar-refractivity contribution in [3.63, 3.8) is 0 Å². The molecule has 0 aromatic heterocycles. The number of hydrogen-bond donors (Lipinski definition) is 3. The molecular formula is C11H18N2O3S. The van der Waals surface area contributed by atoms with Crippen molar-refractivity contribution in [2.45, 2.75) is 18.7 Å². The van der Waals surface area contributed by atoms with Gasteiger partial charge in [0, 0.05) is 24.3 Å². The Labute approximate surface area is 102 Å². The van der Waals surface area contributed by atoms with E-state index in [9.17, 15) is 8.42 Å². The topological polar surface area (TPSA) is 92.4 Å². The van der Waals surface area contributed by atoms with Crippen LogP contribution in [0.2, 0.25) is 0 Å². The number of sulfonamides is 1. The fourth-order valence-corrected chi connectivity index (χ4v) is 2.41. The van der Waals surface area contributed by atoms with Crippen LogP contribution in [0.3, 0.4) is 0 Å². The molecule has 5 nitrogen and oxygen atoms in total. The van der Waals surface area contributed by atoms with E-state index in [0.29, 0.717) is 5.69 Å². The highest BCUT2D eigenvalue weighted by Gasteiger charge is 2.21. The van der Waals surface area contributed by atoms with Crippen molar-refractivity contribution >= 4 is 15.7 Å². The van der Waals surface area contributed by atoms with E-state index in [4.69, 9.17) is 10.8 Å². The van der Waals surface area contributed by atoms with Crippen LogP contribution in [-0.4, -0.2) is 26.7 Å². The van der Waals surface area contributed by atoms with Gasteiger partial charge < -0.3 is 10.8 Å². The van der Waals surface area contributed by atoms with E-state index in [0.717, 1.165) is 0 Å². The summed E-state index contributed by atoms with van der Waals surface area (Å²) in [7, 11) is -3.57. The number of aliphatic hydroxyl groups is 1. The van der Waals surface area contributed by atoms with Crippen molar-refractivity contribution in [2.24, 2.45) is 5.41 Å². The molecule has 0 amide bonds. The summed E-state index contributed by atoms with van der Waals surface area (Å²) in [5, 5.41) is 9.05. The average Bonchev–Trinajstić information content (AvgIpc) is 2.27. The van der Waals surface area contributed by atoms with Gasteiger partial charge in [0.15, 0.2) is 0 Å². The molecule has 0 spiro atoms. The lowest BCUT2D eigenvalue weighted by Gasteiger charge is -2.21. The first-order valence-electron chi connectivity index (χ1n) is 5.23. The number of rotatable bonds is 5. The van der Waals surface area contributed by atoms with Crippen LogP contribution >= 0.6 is 0 Å². The van der Waals surface area contributed by atoms with Gasteiger partial charge in [0.2, 0.25) is 10.0 Å². The van der Waals surface area contributed by atoms with Gasteiger partial charge in [0.1, 0.15) is 0 Å². The van der Waals surface area contributed by atoms with E-state index in [1.165, 1.54) is 12.1 Å². The summed E-state index contributed by atoms with van der Waals surface area (Å²) in [6.45, 7) is 3.62. The summed E-state index contributed by atoms with van der Waals surface area (Å²) in [6.07, 6.45) is 0. The van der Waals surface area contributed by atoms with Crippen molar-refractivity contribution in [3.05, 3.63) is 24.3 Å². The van der Waals surface area contributed by atoms with Gasteiger partial charge in [-0.1, -0.05) is 19.9 Å². The number of nitrogen functional groups attached to an aromatic ring is 1. The molecule has 0 heterocycles. The third kappa shape index (κ3) is 3.99. The van der Waals surface area contributed by atoms with Crippen molar-refractivity contribution in [2.75, 3.05) is 18.9 Å². The minimum atomic E-state index is -3.57. The van der Waals surface area contributed by atoms with Crippen LogP contribution in [0.25, 0.3) is 0 Å². The zero-order valence-corrected chi connectivity index (χ0v) is 10.8. The Morgan fingerprint density at radius 1 is 1.41 bits per heavy atom. The summed E-state index contributed by atoms with van der Waals surface area (Å²) >= 11 is 0. The molecule has 0 bridgehead atoms. The third-order valence-electron chi connectivity index (χ3n) is 2.34. The normalized spacial score (nSPS) is 12.6. The maximum absolute atomic E-state index is 11.9. The summed E-state index contributed by atoms with van der Waals surface area (Å²) in [5.74, 6) is 0. The predicted molar refractivity (Wildman–Crippen MR) is 66.9 cm³/mol.